The Hall–Kier alpha value is -1.80. The van der Waals surface area contributed by atoms with Gasteiger partial charge in [-0.3, -0.25) is 0 Å². The maximum Gasteiger partial charge on any atom is 0.165 e. The second-order valence-corrected chi connectivity index (χ2v) is 4.00. The summed E-state index contributed by atoms with van der Waals surface area (Å²) in [5.74, 6) is 0.670. The zero-order valence-electron chi connectivity index (χ0n) is 10.2. The standard InChI is InChI=1S/C16H16O2/c1-2-17-18-16-12-10-15(11-13-16)9-8-14-6-4-3-5-7-14/h1,3-7,10-13H,2,8-9H2. The van der Waals surface area contributed by atoms with Crippen LogP contribution in [0.3, 0.4) is 0 Å². The van der Waals surface area contributed by atoms with E-state index in [1.54, 1.807) is 0 Å². The molecule has 18 heavy (non-hydrogen) atoms. The van der Waals surface area contributed by atoms with Crippen molar-refractivity contribution in [3.8, 4) is 5.75 Å². The van der Waals surface area contributed by atoms with E-state index in [2.05, 4.69) is 29.2 Å². The van der Waals surface area contributed by atoms with Crippen LogP contribution in [0.5, 0.6) is 5.75 Å². The van der Waals surface area contributed by atoms with Crippen molar-refractivity contribution in [1.29, 1.82) is 0 Å². The van der Waals surface area contributed by atoms with Crippen LogP contribution >= 0.6 is 0 Å². The van der Waals surface area contributed by atoms with E-state index < -0.39 is 0 Å². The highest BCUT2D eigenvalue weighted by atomic mass is 17.2. The fourth-order valence-electron chi connectivity index (χ4n) is 1.75. The van der Waals surface area contributed by atoms with Crippen LogP contribution in [0.1, 0.15) is 11.1 Å². The Morgan fingerprint density at radius 1 is 0.778 bits per heavy atom. The van der Waals surface area contributed by atoms with E-state index in [9.17, 15) is 0 Å². The Morgan fingerprint density at radius 3 is 2.00 bits per heavy atom. The molecule has 92 valence electrons. The molecule has 2 aromatic rings. The van der Waals surface area contributed by atoms with Gasteiger partial charge in [-0.1, -0.05) is 42.5 Å². The molecular weight excluding hydrogens is 224 g/mol. The van der Waals surface area contributed by atoms with Gasteiger partial charge in [-0.05, 0) is 43.0 Å². The van der Waals surface area contributed by atoms with Crippen LogP contribution in [0.15, 0.2) is 54.6 Å². The number of benzene rings is 2. The van der Waals surface area contributed by atoms with E-state index in [4.69, 9.17) is 11.8 Å². The average Bonchev–Trinajstić information content (AvgIpc) is 2.45. The third kappa shape index (κ3) is 3.90. The lowest BCUT2D eigenvalue weighted by atomic mass is 10.0. The van der Waals surface area contributed by atoms with E-state index in [0.29, 0.717) is 5.75 Å². The van der Waals surface area contributed by atoms with Gasteiger partial charge in [0, 0.05) is 0 Å². The predicted molar refractivity (Wildman–Crippen MR) is 71.2 cm³/mol. The molecule has 0 amide bonds. The van der Waals surface area contributed by atoms with Crippen molar-refractivity contribution in [2.24, 2.45) is 0 Å². The van der Waals surface area contributed by atoms with Crippen molar-refractivity contribution in [3.63, 3.8) is 0 Å². The van der Waals surface area contributed by atoms with E-state index in [0.717, 1.165) is 12.8 Å². The van der Waals surface area contributed by atoms with Gasteiger partial charge in [-0.25, -0.2) is 0 Å². The zero-order chi connectivity index (χ0) is 12.6. The van der Waals surface area contributed by atoms with Gasteiger partial charge in [0.15, 0.2) is 5.75 Å². The number of aryl methyl sites for hydroxylation is 2. The lowest BCUT2D eigenvalue weighted by Crippen LogP contribution is -1.96. The fraction of sp³-hybridized carbons (Fsp3) is 0.188. The molecule has 2 heteroatoms. The summed E-state index contributed by atoms with van der Waals surface area (Å²) in [7, 11) is 0. The molecule has 0 bridgehead atoms. The third-order valence-corrected chi connectivity index (χ3v) is 2.69. The van der Waals surface area contributed by atoms with Crippen LogP contribution in [0.25, 0.3) is 0 Å². The molecule has 2 aromatic carbocycles. The van der Waals surface area contributed by atoms with Gasteiger partial charge >= 0.3 is 0 Å². The lowest BCUT2D eigenvalue weighted by molar-refractivity contribution is -0.196. The van der Waals surface area contributed by atoms with E-state index in [-0.39, 0.29) is 6.61 Å². The summed E-state index contributed by atoms with van der Waals surface area (Å²) < 4.78 is 0. The van der Waals surface area contributed by atoms with Crippen molar-refractivity contribution in [2.75, 3.05) is 6.61 Å². The molecule has 0 aromatic heterocycles. The molecule has 0 aliphatic rings. The van der Waals surface area contributed by atoms with Crippen molar-refractivity contribution >= 4 is 0 Å². The highest BCUT2D eigenvalue weighted by Gasteiger charge is 1.97. The topological polar surface area (TPSA) is 18.5 Å². The lowest BCUT2D eigenvalue weighted by Gasteiger charge is -2.05. The highest BCUT2D eigenvalue weighted by molar-refractivity contribution is 5.27. The molecule has 0 fully saturated rings. The largest absolute Gasteiger partial charge is 0.338 e. The van der Waals surface area contributed by atoms with Crippen molar-refractivity contribution in [2.45, 2.75) is 12.8 Å². The minimum atomic E-state index is 0.0513. The summed E-state index contributed by atoms with van der Waals surface area (Å²) in [4.78, 5) is 9.61. The van der Waals surface area contributed by atoms with Gasteiger partial charge in [0.25, 0.3) is 0 Å². The quantitative estimate of drug-likeness (QED) is 0.568. The summed E-state index contributed by atoms with van der Waals surface area (Å²) >= 11 is 0. The second kappa shape index (κ2) is 6.82. The highest BCUT2D eigenvalue weighted by Crippen LogP contribution is 2.14. The first kappa shape index (κ1) is 12.7. The first-order valence-corrected chi connectivity index (χ1v) is 6.01. The normalized spacial score (nSPS) is 10.3. The van der Waals surface area contributed by atoms with Crippen molar-refractivity contribution in [3.05, 3.63) is 72.6 Å². The van der Waals surface area contributed by atoms with Gasteiger partial charge in [-0.2, -0.15) is 4.89 Å². The van der Waals surface area contributed by atoms with Crippen LogP contribution in [0.2, 0.25) is 0 Å². The van der Waals surface area contributed by atoms with Crippen molar-refractivity contribution < 1.29 is 9.78 Å². The molecule has 0 N–H and O–H groups in total. The van der Waals surface area contributed by atoms with Gasteiger partial charge in [0.1, 0.15) is 0 Å². The Bertz CT molecular complexity index is 448. The Labute approximate surface area is 108 Å². The second-order valence-electron chi connectivity index (χ2n) is 4.00. The summed E-state index contributed by atoms with van der Waals surface area (Å²) in [6, 6.07) is 18.3. The first-order chi connectivity index (χ1) is 8.88. The molecule has 0 saturated heterocycles. The number of hydrogen-bond acceptors (Lipinski definition) is 2. The third-order valence-electron chi connectivity index (χ3n) is 2.69. The maximum atomic E-state index is 5.17. The average molecular weight is 240 g/mol. The fourth-order valence-corrected chi connectivity index (χ4v) is 1.75. The predicted octanol–water partition coefficient (Wildman–Crippen LogP) is 3.49. The van der Waals surface area contributed by atoms with E-state index >= 15 is 0 Å². The first-order valence-electron chi connectivity index (χ1n) is 6.01. The molecule has 0 atom stereocenters. The van der Waals surface area contributed by atoms with Crippen LogP contribution in [0, 0.1) is 6.92 Å². The Kier molecular flexibility index (Phi) is 4.79. The SMILES string of the molecule is [CH]COOc1ccc(CCc2ccccc2)cc1. The van der Waals surface area contributed by atoms with E-state index in [1.165, 1.54) is 11.1 Å². The smallest absolute Gasteiger partial charge is 0.165 e. The molecule has 0 heterocycles. The molecular formula is C16H16O2. The molecule has 0 saturated carbocycles. The summed E-state index contributed by atoms with van der Waals surface area (Å²) in [6.07, 6.45) is 2.06. The van der Waals surface area contributed by atoms with Gasteiger partial charge in [-0.15, -0.1) is 0 Å². The van der Waals surface area contributed by atoms with Gasteiger partial charge in [0.2, 0.25) is 0 Å². The monoisotopic (exact) mass is 240 g/mol. The molecule has 2 radical (unpaired) electrons. The molecule has 0 aliphatic heterocycles. The number of rotatable bonds is 6. The zero-order valence-corrected chi connectivity index (χ0v) is 10.2. The van der Waals surface area contributed by atoms with Crippen LogP contribution in [0.4, 0.5) is 0 Å². The van der Waals surface area contributed by atoms with Crippen LogP contribution in [-0.2, 0) is 17.7 Å². The van der Waals surface area contributed by atoms with Gasteiger partial charge in [0.05, 0.1) is 6.61 Å². The Balaban J connectivity index is 1.86. The minimum absolute atomic E-state index is 0.0513. The molecule has 2 rings (SSSR count). The minimum Gasteiger partial charge on any atom is -0.338 e. The summed E-state index contributed by atoms with van der Waals surface area (Å²) in [5, 5.41) is 0. The van der Waals surface area contributed by atoms with Crippen LogP contribution < -0.4 is 4.89 Å². The van der Waals surface area contributed by atoms with Gasteiger partial charge < -0.3 is 4.89 Å². The molecule has 0 aliphatic carbocycles. The summed E-state index contributed by atoms with van der Waals surface area (Å²) in [6.45, 7) is 5.22. The van der Waals surface area contributed by atoms with E-state index in [1.807, 2.05) is 30.3 Å². The van der Waals surface area contributed by atoms with Crippen molar-refractivity contribution in [1.82, 2.24) is 0 Å². The summed E-state index contributed by atoms with van der Waals surface area (Å²) in [5.41, 5.74) is 2.63. The Morgan fingerprint density at radius 2 is 1.39 bits per heavy atom. The number of hydrogen-bond donors (Lipinski definition) is 0. The maximum absolute atomic E-state index is 5.17. The molecule has 0 spiro atoms. The van der Waals surface area contributed by atoms with Crippen LogP contribution in [-0.4, -0.2) is 6.61 Å². The molecule has 2 nitrogen and oxygen atoms in total. The molecule has 0 unspecified atom stereocenters.